The molecule has 0 radical (unpaired) electrons. The number of carbonyl (C=O) groups is 1. The number of imidazole rings is 1. The van der Waals surface area contributed by atoms with Crippen molar-refractivity contribution in [1.29, 1.82) is 0 Å². The first-order valence-electron chi connectivity index (χ1n) is 7.51. The lowest BCUT2D eigenvalue weighted by atomic mass is 10.1. The van der Waals surface area contributed by atoms with Gasteiger partial charge in [0, 0.05) is 37.7 Å². The lowest BCUT2D eigenvalue weighted by molar-refractivity contribution is 0.0918. The first kappa shape index (κ1) is 16.5. The van der Waals surface area contributed by atoms with Crippen LogP contribution >= 0.6 is 0 Å². The molecule has 1 saturated heterocycles. The largest absolute Gasteiger partial charge is 0.348 e. The van der Waals surface area contributed by atoms with E-state index in [4.69, 9.17) is 0 Å². The highest BCUT2D eigenvalue weighted by molar-refractivity contribution is 7.88. The van der Waals surface area contributed by atoms with Crippen LogP contribution in [0.3, 0.4) is 0 Å². The van der Waals surface area contributed by atoms with Crippen LogP contribution < -0.4 is 5.32 Å². The van der Waals surface area contributed by atoms with E-state index in [1.165, 1.54) is 16.8 Å². The second-order valence-corrected chi connectivity index (χ2v) is 7.60. The Bertz CT molecular complexity index is 813. The molecule has 2 aromatic rings. The number of sulfonamides is 1. The summed E-state index contributed by atoms with van der Waals surface area (Å²) in [5.41, 5.74) is 0.263. The Morgan fingerprint density at radius 1 is 1.29 bits per heavy atom. The minimum atomic E-state index is -3.17. The van der Waals surface area contributed by atoms with Gasteiger partial charge in [0.05, 0.1) is 6.26 Å². The molecule has 1 aliphatic rings. The molecule has 24 heavy (non-hydrogen) atoms. The summed E-state index contributed by atoms with van der Waals surface area (Å²) in [6.45, 7) is 0.821. The summed E-state index contributed by atoms with van der Waals surface area (Å²) in [5, 5.41) is 2.90. The van der Waals surface area contributed by atoms with Gasteiger partial charge in [-0.15, -0.1) is 0 Å². The van der Waals surface area contributed by atoms with Crippen LogP contribution in [-0.2, 0) is 10.0 Å². The highest BCUT2D eigenvalue weighted by atomic mass is 32.2. The zero-order valence-electron chi connectivity index (χ0n) is 13.2. The van der Waals surface area contributed by atoms with Crippen LogP contribution in [0.15, 0.2) is 31.0 Å². The highest BCUT2D eigenvalue weighted by Gasteiger charge is 2.26. The molecular formula is C14H18N6O3S. The normalized spacial score (nSPS) is 16.9. The Kier molecular flexibility index (Phi) is 4.58. The van der Waals surface area contributed by atoms with E-state index in [0.717, 1.165) is 0 Å². The van der Waals surface area contributed by atoms with Gasteiger partial charge in [-0.3, -0.25) is 9.36 Å². The molecule has 0 spiro atoms. The minimum absolute atomic E-state index is 0.0674. The fourth-order valence-corrected chi connectivity index (χ4v) is 3.44. The molecule has 128 valence electrons. The summed E-state index contributed by atoms with van der Waals surface area (Å²) in [6.07, 6.45) is 8.73. The molecule has 0 aliphatic carbocycles. The van der Waals surface area contributed by atoms with Crippen molar-refractivity contribution >= 4 is 15.9 Å². The van der Waals surface area contributed by atoms with E-state index >= 15 is 0 Å². The van der Waals surface area contributed by atoms with Crippen LogP contribution in [0.5, 0.6) is 0 Å². The van der Waals surface area contributed by atoms with Crippen molar-refractivity contribution < 1.29 is 13.2 Å². The van der Waals surface area contributed by atoms with E-state index < -0.39 is 10.0 Å². The van der Waals surface area contributed by atoms with Crippen LogP contribution in [0.4, 0.5) is 0 Å². The maximum absolute atomic E-state index is 12.4. The third kappa shape index (κ3) is 3.77. The van der Waals surface area contributed by atoms with Gasteiger partial charge in [0.1, 0.15) is 12.0 Å². The molecule has 0 saturated carbocycles. The summed E-state index contributed by atoms with van der Waals surface area (Å²) >= 11 is 0. The Balaban J connectivity index is 1.63. The van der Waals surface area contributed by atoms with Crippen LogP contribution in [0.1, 0.15) is 23.3 Å². The van der Waals surface area contributed by atoms with Crippen LogP contribution in [0.2, 0.25) is 0 Å². The Morgan fingerprint density at radius 3 is 2.67 bits per heavy atom. The van der Waals surface area contributed by atoms with E-state index in [9.17, 15) is 13.2 Å². The maximum atomic E-state index is 12.4. The first-order valence-corrected chi connectivity index (χ1v) is 9.35. The van der Waals surface area contributed by atoms with Gasteiger partial charge in [-0.2, -0.15) is 0 Å². The molecule has 0 aromatic carbocycles. The molecule has 1 aliphatic heterocycles. The van der Waals surface area contributed by atoms with Crippen molar-refractivity contribution in [2.45, 2.75) is 18.9 Å². The number of aromatic nitrogens is 4. The van der Waals surface area contributed by atoms with Crippen LogP contribution in [0, 0.1) is 0 Å². The Labute approximate surface area is 139 Å². The molecule has 0 atom stereocenters. The average molecular weight is 350 g/mol. The SMILES string of the molecule is CS(=O)(=O)N1CCC(NC(=O)c2ccnc(-n3ccnc3)n2)CC1. The molecule has 10 heteroatoms. The standard InChI is InChI=1S/C14H18N6O3S/c1-24(22,23)20-7-3-11(4-8-20)17-13(21)12-2-5-16-14(18-12)19-9-6-15-10-19/h2,5-6,9-11H,3-4,7-8H2,1H3,(H,17,21). The monoisotopic (exact) mass is 350 g/mol. The number of hydrogen-bond acceptors (Lipinski definition) is 6. The average Bonchev–Trinajstić information content (AvgIpc) is 3.09. The number of carbonyl (C=O) groups excluding carboxylic acids is 1. The van der Waals surface area contributed by atoms with Gasteiger partial charge < -0.3 is 5.32 Å². The molecule has 0 unspecified atom stereocenters. The third-order valence-corrected chi connectivity index (χ3v) is 5.17. The third-order valence-electron chi connectivity index (χ3n) is 3.87. The van der Waals surface area contributed by atoms with Gasteiger partial charge >= 0.3 is 0 Å². The van der Waals surface area contributed by atoms with Gasteiger partial charge in [-0.1, -0.05) is 0 Å². The zero-order valence-corrected chi connectivity index (χ0v) is 14.0. The van der Waals surface area contributed by atoms with Crippen molar-refractivity contribution in [2.24, 2.45) is 0 Å². The maximum Gasteiger partial charge on any atom is 0.270 e. The number of nitrogens with one attached hydrogen (secondary N) is 1. The zero-order chi connectivity index (χ0) is 17.2. The lowest BCUT2D eigenvalue weighted by Gasteiger charge is -2.30. The van der Waals surface area contributed by atoms with Gasteiger partial charge in [-0.05, 0) is 18.9 Å². The van der Waals surface area contributed by atoms with Crippen molar-refractivity contribution in [1.82, 2.24) is 29.1 Å². The van der Waals surface area contributed by atoms with Gasteiger partial charge in [-0.25, -0.2) is 27.7 Å². The Hall–Kier alpha value is -2.33. The summed E-state index contributed by atoms with van der Waals surface area (Å²) < 4.78 is 26.0. The molecule has 3 rings (SSSR count). The molecular weight excluding hydrogens is 332 g/mol. The van der Waals surface area contributed by atoms with Crippen molar-refractivity contribution in [3.05, 3.63) is 36.7 Å². The molecule has 9 nitrogen and oxygen atoms in total. The minimum Gasteiger partial charge on any atom is -0.348 e. The van der Waals surface area contributed by atoms with Gasteiger partial charge in [0.25, 0.3) is 5.91 Å². The molecule has 0 bridgehead atoms. The van der Waals surface area contributed by atoms with E-state index in [1.54, 1.807) is 29.4 Å². The summed E-state index contributed by atoms with van der Waals surface area (Å²) in [5.74, 6) is 0.0728. The van der Waals surface area contributed by atoms with E-state index in [-0.39, 0.29) is 17.6 Å². The molecule has 3 heterocycles. The molecule has 1 amide bonds. The second-order valence-electron chi connectivity index (χ2n) is 5.62. The summed E-state index contributed by atoms with van der Waals surface area (Å²) in [6, 6.07) is 1.48. The molecule has 1 N–H and O–H groups in total. The smallest absolute Gasteiger partial charge is 0.270 e. The number of piperidine rings is 1. The summed E-state index contributed by atoms with van der Waals surface area (Å²) in [4.78, 5) is 24.6. The quantitative estimate of drug-likeness (QED) is 0.819. The lowest BCUT2D eigenvalue weighted by Crippen LogP contribution is -2.46. The second kappa shape index (κ2) is 6.65. The highest BCUT2D eigenvalue weighted by Crippen LogP contribution is 2.13. The fraction of sp³-hybridized carbons (Fsp3) is 0.429. The van der Waals surface area contributed by atoms with E-state index in [2.05, 4.69) is 20.3 Å². The van der Waals surface area contributed by atoms with Crippen LogP contribution in [0.25, 0.3) is 5.95 Å². The number of rotatable bonds is 4. The molecule has 1 fully saturated rings. The van der Waals surface area contributed by atoms with Gasteiger partial charge in [0.2, 0.25) is 16.0 Å². The van der Waals surface area contributed by atoms with Crippen molar-refractivity contribution in [3.63, 3.8) is 0 Å². The summed E-state index contributed by atoms with van der Waals surface area (Å²) in [7, 11) is -3.17. The first-order chi connectivity index (χ1) is 11.4. The van der Waals surface area contributed by atoms with Crippen molar-refractivity contribution in [2.75, 3.05) is 19.3 Å². The number of nitrogens with zero attached hydrogens (tertiary/aromatic N) is 5. The molecule has 2 aromatic heterocycles. The predicted octanol–water partition coefficient (Wildman–Crippen LogP) is -0.184. The predicted molar refractivity (Wildman–Crippen MR) is 86.1 cm³/mol. The number of amides is 1. The van der Waals surface area contributed by atoms with E-state index in [1.807, 2.05) is 0 Å². The number of hydrogen-bond donors (Lipinski definition) is 1. The van der Waals surface area contributed by atoms with Gasteiger partial charge in [0.15, 0.2) is 0 Å². The van der Waals surface area contributed by atoms with E-state index in [0.29, 0.717) is 31.9 Å². The Morgan fingerprint density at radius 2 is 2.04 bits per heavy atom. The topological polar surface area (TPSA) is 110 Å². The van der Waals surface area contributed by atoms with Crippen molar-refractivity contribution in [3.8, 4) is 5.95 Å². The van der Waals surface area contributed by atoms with Crippen LogP contribution in [-0.4, -0.2) is 63.5 Å². The fourth-order valence-electron chi connectivity index (χ4n) is 2.57.